The highest BCUT2D eigenvalue weighted by Gasteiger charge is 2.33. The topological polar surface area (TPSA) is 49.6 Å². The third-order valence-electron chi connectivity index (χ3n) is 4.39. The minimum absolute atomic E-state index is 0. The van der Waals surface area contributed by atoms with Crippen LogP contribution in [0.1, 0.15) is 39.5 Å². The Morgan fingerprint density at radius 3 is 2.25 bits per heavy atom. The van der Waals surface area contributed by atoms with Gasteiger partial charge in [0, 0.05) is 19.1 Å². The Hall–Kier alpha value is -0.0300. The van der Waals surface area contributed by atoms with E-state index in [1.807, 2.05) is 18.7 Å². The van der Waals surface area contributed by atoms with Crippen LogP contribution in [-0.4, -0.2) is 54.0 Å². The molecule has 2 heterocycles. The smallest absolute Gasteiger partial charge is 0.239 e. The van der Waals surface area contributed by atoms with Crippen molar-refractivity contribution in [3.05, 3.63) is 0 Å². The van der Waals surface area contributed by atoms with Gasteiger partial charge in [-0.05, 0) is 38.3 Å². The number of carbonyl (C=O) groups is 1. The molecular formula is C14H29Cl2N3O. The lowest BCUT2D eigenvalue weighted by molar-refractivity contribution is -0.132. The summed E-state index contributed by atoms with van der Waals surface area (Å²) < 4.78 is 0. The molecule has 2 saturated heterocycles. The van der Waals surface area contributed by atoms with Gasteiger partial charge in [0.05, 0.1) is 6.04 Å². The van der Waals surface area contributed by atoms with Gasteiger partial charge in [-0.15, -0.1) is 24.8 Å². The van der Waals surface area contributed by atoms with Crippen molar-refractivity contribution in [2.24, 2.45) is 11.7 Å². The third kappa shape index (κ3) is 4.76. The number of nitrogens with zero attached hydrogens (tertiary/aromatic N) is 2. The molecule has 2 N–H and O–H groups in total. The molecule has 2 fully saturated rings. The maximum absolute atomic E-state index is 12.2. The lowest BCUT2D eigenvalue weighted by atomic mass is 10.0. The van der Waals surface area contributed by atoms with Gasteiger partial charge in [0.1, 0.15) is 0 Å². The van der Waals surface area contributed by atoms with Gasteiger partial charge < -0.3 is 10.6 Å². The zero-order chi connectivity index (χ0) is 13.1. The van der Waals surface area contributed by atoms with Crippen LogP contribution in [0.25, 0.3) is 0 Å². The molecular weight excluding hydrogens is 297 g/mol. The van der Waals surface area contributed by atoms with Crippen molar-refractivity contribution in [1.29, 1.82) is 0 Å². The number of rotatable bonds is 3. The minimum atomic E-state index is -0.329. The number of likely N-dealkylation sites (tertiary alicyclic amines) is 2. The normalized spacial score (nSPS) is 25.0. The van der Waals surface area contributed by atoms with Gasteiger partial charge >= 0.3 is 0 Å². The summed E-state index contributed by atoms with van der Waals surface area (Å²) in [6, 6.07) is 0.249. The van der Waals surface area contributed by atoms with Crippen LogP contribution in [-0.2, 0) is 4.79 Å². The van der Waals surface area contributed by atoms with Gasteiger partial charge in [0.15, 0.2) is 0 Å². The van der Waals surface area contributed by atoms with E-state index in [0.717, 1.165) is 19.5 Å². The van der Waals surface area contributed by atoms with Crippen molar-refractivity contribution in [2.45, 2.75) is 51.6 Å². The Balaban J connectivity index is 0.00000180. The number of carbonyl (C=O) groups excluding carboxylic acids is 1. The highest BCUT2D eigenvalue weighted by Crippen LogP contribution is 2.21. The number of hydrogen-bond donors (Lipinski definition) is 1. The van der Waals surface area contributed by atoms with E-state index in [4.69, 9.17) is 5.73 Å². The fourth-order valence-electron chi connectivity index (χ4n) is 3.02. The molecule has 1 unspecified atom stereocenters. The lowest BCUT2D eigenvalue weighted by Crippen LogP contribution is -2.47. The summed E-state index contributed by atoms with van der Waals surface area (Å²) in [6.07, 6.45) is 5.12. The second-order valence-corrected chi connectivity index (χ2v) is 6.09. The lowest BCUT2D eigenvalue weighted by Gasteiger charge is -2.32. The van der Waals surface area contributed by atoms with Crippen LogP contribution < -0.4 is 5.73 Å². The van der Waals surface area contributed by atoms with Crippen molar-refractivity contribution in [1.82, 2.24) is 9.80 Å². The van der Waals surface area contributed by atoms with E-state index < -0.39 is 0 Å². The third-order valence-corrected chi connectivity index (χ3v) is 4.39. The molecule has 2 atom stereocenters. The molecule has 20 heavy (non-hydrogen) atoms. The quantitative estimate of drug-likeness (QED) is 0.862. The molecule has 120 valence electrons. The fourth-order valence-corrected chi connectivity index (χ4v) is 3.02. The molecule has 0 bridgehead atoms. The summed E-state index contributed by atoms with van der Waals surface area (Å²) in [5.74, 6) is 0.371. The first-order valence-corrected chi connectivity index (χ1v) is 7.38. The highest BCUT2D eigenvalue weighted by molar-refractivity contribution is 5.85. The summed E-state index contributed by atoms with van der Waals surface area (Å²) in [4.78, 5) is 16.7. The summed E-state index contributed by atoms with van der Waals surface area (Å²) in [7, 11) is 0. The maximum Gasteiger partial charge on any atom is 0.239 e. The fraction of sp³-hybridized carbons (Fsp3) is 0.929. The molecule has 0 aromatic rings. The first kappa shape index (κ1) is 20.0. The standard InChI is InChI=1S/C14H27N3O.2ClH/c1-11(2)13(15)14(18)17-9-6-12(10-17)16-7-4-3-5-8-16;;/h11-13H,3-10,15H2,1-2H3;2*1H/t12?,13-;;/m1../s1. The van der Waals surface area contributed by atoms with Crippen LogP contribution in [0.5, 0.6) is 0 Å². The van der Waals surface area contributed by atoms with Gasteiger partial charge in [-0.3, -0.25) is 9.69 Å². The summed E-state index contributed by atoms with van der Waals surface area (Å²) in [5.41, 5.74) is 5.96. The number of amides is 1. The molecule has 0 saturated carbocycles. The molecule has 2 aliphatic rings. The SMILES string of the molecule is CC(C)[C@@H](N)C(=O)N1CCC(N2CCCCC2)C1.Cl.Cl. The number of piperidine rings is 1. The van der Waals surface area contributed by atoms with Crippen LogP contribution >= 0.6 is 24.8 Å². The Morgan fingerprint density at radius 2 is 1.70 bits per heavy atom. The van der Waals surface area contributed by atoms with Gasteiger partial charge in [0.25, 0.3) is 0 Å². The Kier molecular flexibility index (Phi) is 9.07. The molecule has 2 aliphatic heterocycles. The Labute approximate surface area is 135 Å². The van der Waals surface area contributed by atoms with Crippen molar-refractivity contribution < 1.29 is 4.79 Å². The predicted octanol–water partition coefficient (Wildman–Crippen LogP) is 1.90. The van der Waals surface area contributed by atoms with Gasteiger partial charge in [-0.2, -0.15) is 0 Å². The number of nitrogens with two attached hydrogens (primary N) is 1. The van der Waals surface area contributed by atoms with E-state index in [1.54, 1.807) is 0 Å². The van der Waals surface area contributed by atoms with E-state index >= 15 is 0 Å². The minimum Gasteiger partial charge on any atom is -0.340 e. The zero-order valence-electron chi connectivity index (χ0n) is 12.6. The van der Waals surface area contributed by atoms with Crippen molar-refractivity contribution >= 4 is 30.7 Å². The summed E-state index contributed by atoms with van der Waals surface area (Å²) in [6.45, 7) is 8.23. The van der Waals surface area contributed by atoms with E-state index in [1.165, 1.54) is 32.4 Å². The number of hydrogen-bond acceptors (Lipinski definition) is 3. The molecule has 2 rings (SSSR count). The van der Waals surface area contributed by atoms with Crippen LogP contribution in [0.15, 0.2) is 0 Å². The maximum atomic E-state index is 12.2. The monoisotopic (exact) mass is 325 g/mol. The molecule has 1 amide bonds. The molecule has 0 aromatic carbocycles. The molecule has 0 radical (unpaired) electrons. The van der Waals surface area contributed by atoms with Gasteiger partial charge in [-0.1, -0.05) is 20.3 Å². The van der Waals surface area contributed by atoms with E-state index in [-0.39, 0.29) is 42.7 Å². The largest absolute Gasteiger partial charge is 0.340 e. The van der Waals surface area contributed by atoms with E-state index in [9.17, 15) is 4.79 Å². The Morgan fingerprint density at radius 1 is 1.10 bits per heavy atom. The molecule has 0 aromatic heterocycles. The van der Waals surface area contributed by atoms with Crippen molar-refractivity contribution in [3.63, 3.8) is 0 Å². The molecule has 0 aliphatic carbocycles. The van der Waals surface area contributed by atoms with E-state index in [2.05, 4.69) is 4.90 Å². The predicted molar refractivity (Wildman–Crippen MR) is 87.7 cm³/mol. The average molecular weight is 326 g/mol. The second kappa shape index (κ2) is 9.08. The van der Waals surface area contributed by atoms with Crippen molar-refractivity contribution in [2.75, 3.05) is 26.2 Å². The molecule has 0 spiro atoms. The highest BCUT2D eigenvalue weighted by atomic mass is 35.5. The van der Waals surface area contributed by atoms with Crippen LogP contribution in [0, 0.1) is 5.92 Å². The Bertz CT molecular complexity index is 296. The van der Waals surface area contributed by atoms with Crippen LogP contribution in [0.4, 0.5) is 0 Å². The first-order valence-electron chi connectivity index (χ1n) is 7.38. The number of halogens is 2. The van der Waals surface area contributed by atoms with Crippen molar-refractivity contribution in [3.8, 4) is 0 Å². The summed E-state index contributed by atoms with van der Waals surface area (Å²) in [5, 5.41) is 0. The average Bonchev–Trinajstić information content (AvgIpc) is 2.87. The van der Waals surface area contributed by atoms with Crippen LogP contribution in [0.3, 0.4) is 0 Å². The molecule has 6 heteroatoms. The van der Waals surface area contributed by atoms with Gasteiger partial charge in [-0.25, -0.2) is 0 Å². The van der Waals surface area contributed by atoms with E-state index in [0.29, 0.717) is 6.04 Å². The second-order valence-electron chi connectivity index (χ2n) is 6.09. The first-order chi connectivity index (χ1) is 8.59. The zero-order valence-corrected chi connectivity index (χ0v) is 14.2. The van der Waals surface area contributed by atoms with Gasteiger partial charge in [0.2, 0.25) is 5.91 Å². The molecule has 4 nitrogen and oxygen atoms in total. The van der Waals surface area contributed by atoms with Crippen LogP contribution in [0.2, 0.25) is 0 Å². The summed E-state index contributed by atoms with van der Waals surface area (Å²) >= 11 is 0.